The second-order valence-electron chi connectivity index (χ2n) is 4.34. The van der Waals surface area contributed by atoms with Crippen LogP contribution in [0.1, 0.15) is 15.9 Å². The van der Waals surface area contributed by atoms with Gasteiger partial charge < -0.3 is 5.32 Å². The van der Waals surface area contributed by atoms with Crippen molar-refractivity contribution in [1.82, 2.24) is 0 Å². The number of halogens is 2. The van der Waals surface area contributed by atoms with Gasteiger partial charge in [0.15, 0.2) is 0 Å². The first-order valence-corrected chi connectivity index (χ1v) is 7.35. The first-order valence-electron chi connectivity index (χ1n) is 5.90. The lowest BCUT2D eigenvalue weighted by molar-refractivity contribution is -0.385. The van der Waals surface area contributed by atoms with Gasteiger partial charge >= 0.3 is 0 Å². The molecule has 1 amide bonds. The average molecular weight is 417 g/mol. The van der Waals surface area contributed by atoms with Gasteiger partial charge in [0.2, 0.25) is 0 Å². The first-order chi connectivity index (χ1) is 9.88. The Morgan fingerprint density at radius 2 is 2.00 bits per heavy atom. The molecule has 0 radical (unpaired) electrons. The number of anilines is 1. The Kier molecular flexibility index (Phi) is 4.79. The minimum Gasteiger partial charge on any atom is -0.321 e. The van der Waals surface area contributed by atoms with E-state index in [1.54, 1.807) is 37.3 Å². The van der Waals surface area contributed by atoms with Crippen molar-refractivity contribution in [3.05, 3.63) is 66.2 Å². The van der Waals surface area contributed by atoms with Crippen molar-refractivity contribution in [2.45, 2.75) is 6.92 Å². The number of aryl methyl sites for hydroxylation is 1. The Hall–Kier alpha value is -1.67. The van der Waals surface area contributed by atoms with Gasteiger partial charge in [0.1, 0.15) is 0 Å². The van der Waals surface area contributed by atoms with E-state index < -0.39 is 10.8 Å². The Bertz CT molecular complexity index is 734. The third kappa shape index (κ3) is 3.70. The summed E-state index contributed by atoms with van der Waals surface area (Å²) in [6.45, 7) is 1.63. The molecule has 0 aliphatic heterocycles. The summed E-state index contributed by atoms with van der Waals surface area (Å²) < 4.78 is 0.787. The van der Waals surface area contributed by atoms with Crippen molar-refractivity contribution in [2.75, 3.05) is 5.32 Å². The summed E-state index contributed by atoms with van der Waals surface area (Å²) in [7, 11) is 0. The lowest BCUT2D eigenvalue weighted by Gasteiger charge is -2.08. The van der Waals surface area contributed by atoms with Gasteiger partial charge in [-0.1, -0.05) is 17.7 Å². The molecule has 108 valence electrons. The summed E-state index contributed by atoms with van der Waals surface area (Å²) in [5.41, 5.74) is 1.28. The topological polar surface area (TPSA) is 72.2 Å². The Balaban J connectivity index is 2.28. The number of nitro groups is 1. The molecule has 0 aliphatic carbocycles. The number of benzene rings is 2. The smallest absolute Gasteiger partial charge is 0.273 e. The highest BCUT2D eigenvalue weighted by molar-refractivity contribution is 14.1. The van der Waals surface area contributed by atoms with Crippen LogP contribution in [-0.4, -0.2) is 10.8 Å². The summed E-state index contributed by atoms with van der Waals surface area (Å²) in [6.07, 6.45) is 0. The van der Waals surface area contributed by atoms with Gasteiger partial charge in [-0.15, -0.1) is 0 Å². The van der Waals surface area contributed by atoms with Crippen molar-refractivity contribution in [3.63, 3.8) is 0 Å². The van der Waals surface area contributed by atoms with E-state index in [2.05, 4.69) is 27.9 Å². The van der Waals surface area contributed by atoms with E-state index in [0.717, 1.165) is 3.57 Å². The third-order valence-corrected chi connectivity index (χ3v) is 3.97. The molecule has 21 heavy (non-hydrogen) atoms. The van der Waals surface area contributed by atoms with Gasteiger partial charge in [-0.25, -0.2) is 0 Å². The highest BCUT2D eigenvalue weighted by Crippen LogP contribution is 2.24. The average Bonchev–Trinajstić information content (AvgIpc) is 2.42. The maximum atomic E-state index is 12.2. The van der Waals surface area contributed by atoms with E-state index in [4.69, 9.17) is 11.6 Å². The van der Waals surface area contributed by atoms with E-state index in [1.807, 2.05) is 0 Å². The molecule has 0 heterocycles. The molecule has 2 aromatic rings. The van der Waals surface area contributed by atoms with E-state index >= 15 is 0 Å². The monoisotopic (exact) mass is 416 g/mol. The number of nitro benzene ring substituents is 1. The molecule has 1 N–H and O–H groups in total. The minimum atomic E-state index is -0.502. The maximum absolute atomic E-state index is 12.2. The highest BCUT2D eigenvalue weighted by atomic mass is 127. The SMILES string of the molecule is Cc1ccc(C(=O)Nc2ccc(Cl)cc2I)cc1[N+](=O)[O-]. The second kappa shape index (κ2) is 6.40. The fraction of sp³-hybridized carbons (Fsp3) is 0.0714. The number of nitrogens with zero attached hydrogens (tertiary/aromatic N) is 1. The van der Waals surface area contributed by atoms with Gasteiger partial charge in [0.25, 0.3) is 11.6 Å². The zero-order chi connectivity index (χ0) is 15.6. The predicted octanol–water partition coefficient (Wildman–Crippen LogP) is 4.41. The number of rotatable bonds is 3. The van der Waals surface area contributed by atoms with Gasteiger partial charge in [0, 0.05) is 25.8 Å². The van der Waals surface area contributed by atoms with Crippen molar-refractivity contribution in [3.8, 4) is 0 Å². The zero-order valence-electron chi connectivity index (χ0n) is 10.9. The van der Waals surface area contributed by atoms with E-state index in [9.17, 15) is 14.9 Å². The minimum absolute atomic E-state index is 0.0755. The van der Waals surface area contributed by atoms with Crippen molar-refractivity contribution in [1.29, 1.82) is 0 Å². The zero-order valence-corrected chi connectivity index (χ0v) is 13.8. The van der Waals surface area contributed by atoms with Crippen LogP contribution in [0, 0.1) is 20.6 Å². The number of carbonyl (C=O) groups excluding carboxylic acids is 1. The highest BCUT2D eigenvalue weighted by Gasteiger charge is 2.15. The summed E-state index contributed by atoms with van der Waals surface area (Å²) >= 11 is 7.91. The summed E-state index contributed by atoms with van der Waals surface area (Å²) in [4.78, 5) is 22.6. The van der Waals surface area contributed by atoms with Crippen LogP contribution in [0.3, 0.4) is 0 Å². The molecule has 0 atom stereocenters. The molecule has 7 heteroatoms. The number of nitrogens with one attached hydrogen (secondary N) is 1. The molecule has 0 fully saturated rings. The number of hydrogen-bond donors (Lipinski definition) is 1. The van der Waals surface area contributed by atoms with Crippen LogP contribution in [0.2, 0.25) is 5.02 Å². The van der Waals surface area contributed by atoms with Crippen LogP contribution in [0.25, 0.3) is 0 Å². The number of carbonyl (C=O) groups is 1. The molecular formula is C14H10ClIN2O3. The number of amides is 1. The standard InChI is InChI=1S/C14H10ClIN2O3/c1-8-2-3-9(6-13(8)18(20)21)14(19)17-12-5-4-10(15)7-11(12)16/h2-7H,1H3,(H,17,19). The molecule has 0 aromatic heterocycles. The van der Waals surface area contributed by atoms with Gasteiger partial charge in [-0.3, -0.25) is 14.9 Å². The van der Waals surface area contributed by atoms with Crippen LogP contribution in [0.15, 0.2) is 36.4 Å². The fourth-order valence-electron chi connectivity index (χ4n) is 1.73. The fourth-order valence-corrected chi connectivity index (χ4v) is 2.74. The predicted molar refractivity (Wildman–Crippen MR) is 90.0 cm³/mol. The van der Waals surface area contributed by atoms with Crippen molar-refractivity contribution < 1.29 is 9.72 Å². The van der Waals surface area contributed by atoms with Gasteiger partial charge in [-0.05, 0) is 53.8 Å². The van der Waals surface area contributed by atoms with Gasteiger partial charge in [-0.2, -0.15) is 0 Å². The largest absolute Gasteiger partial charge is 0.321 e. The lowest BCUT2D eigenvalue weighted by atomic mass is 10.1. The quantitative estimate of drug-likeness (QED) is 0.457. The van der Waals surface area contributed by atoms with Gasteiger partial charge in [0.05, 0.1) is 10.6 Å². The maximum Gasteiger partial charge on any atom is 0.273 e. The molecule has 0 aliphatic rings. The molecule has 0 unspecified atom stereocenters. The molecule has 0 spiro atoms. The molecule has 2 aromatic carbocycles. The van der Waals surface area contributed by atoms with Crippen LogP contribution >= 0.6 is 34.2 Å². The Morgan fingerprint density at radius 3 is 2.62 bits per heavy atom. The van der Waals surface area contributed by atoms with Crippen LogP contribution in [0.4, 0.5) is 11.4 Å². The van der Waals surface area contributed by atoms with E-state index in [0.29, 0.717) is 16.3 Å². The molecule has 0 bridgehead atoms. The van der Waals surface area contributed by atoms with Crippen LogP contribution < -0.4 is 5.32 Å². The van der Waals surface area contributed by atoms with E-state index in [-0.39, 0.29) is 11.3 Å². The van der Waals surface area contributed by atoms with Crippen LogP contribution in [0.5, 0.6) is 0 Å². The van der Waals surface area contributed by atoms with Crippen molar-refractivity contribution in [2.24, 2.45) is 0 Å². The molecular weight excluding hydrogens is 407 g/mol. The van der Waals surface area contributed by atoms with E-state index in [1.165, 1.54) is 6.07 Å². The molecule has 0 saturated carbocycles. The first kappa shape index (κ1) is 15.7. The van der Waals surface area contributed by atoms with Crippen LogP contribution in [-0.2, 0) is 0 Å². The molecule has 0 saturated heterocycles. The Morgan fingerprint density at radius 1 is 1.29 bits per heavy atom. The summed E-state index contributed by atoms with van der Waals surface area (Å²) in [6, 6.07) is 9.45. The summed E-state index contributed by atoms with van der Waals surface area (Å²) in [5, 5.41) is 14.2. The Labute approximate surface area is 139 Å². The second-order valence-corrected chi connectivity index (χ2v) is 5.94. The molecule has 2 rings (SSSR count). The molecule has 5 nitrogen and oxygen atoms in total. The summed E-state index contributed by atoms with van der Waals surface area (Å²) in [5.74, 6) is -0.404. The lowest BCUT2D eigenvalue weighted by Crippen LogP contribution is -2.13. The van der Waals surface area contributed by atoms with Crippen molar-refractivity contribution >= 4 is 51.5 Å². The normalized spacial score (nSPS) is 10.2. The third-order valence-electron chi connectivity index (χ3n) is 2.85. The number of hydrogen-bond acceptors (Lipinski definition) is 3.